The third-order valence-electron chi connectivity index (χ3n) is 5.15. The van der Waals surface area contributed by atoms with Crippen LogP contribution in [0.5, 0.6) is 5.75 Å². The molecule has 31 heavy (non-hydrogen) atoms. The lowest BCUT2D eigenvalue weighted by Crippen LogP contribution is -2.31. The SMILES string of the molecule is CCCN1C(=O)N/C(=C/c2c(OCc3ccccc3C#N)ccc3ccccc23)C1=O. The molecule has 0 spiro atoms. The molecule has 0 saturated carbocycles. The Hall–Kier alpha value is -4.11. The highest BCUT2D eigenvalue weighted by atomic mass is 16.5. The molecule has 1 saturated heterocycles. The summed E-state index contributed by atoms with van der Waals surface area (Å²) in [5.74, 6) is 0.218. The molecule has 154 valence electrons. The third kappa shape index (κ3) is 3.99. The van der Waals surface area contributed by atoms with E-state index in [1.807, 2.05) is 61.5 Å². The number of benzene rings is 3. The van der Waals surface area contributed by atoms with Crippen molar-refractivity contribution in [3.05, 3.63) is 83.1 Å². The van der Waals surface area contributed by atoms with Gasteiger partial charge in [0, 0.05) is 17.7 Å². The van der Waals surface area contributed by atoms with Crippen LogP contribution in [0.4, 0.5) is 4.79 Å². The molecule has 1 heterocycles. The first kappa shape index (κ1) is 20.2. The molecule has 0 unspecified atom stereocenters. The Morgan fingerprint density at radius 1 is 1.06 bits per heavy atom. The zero-order chi connectivity index (χ0) is 21.8. The number of carbonyl (C=O) groups excluding carboxylic acids is 2. The van der Waals surface area contributed by atoms with E-state index in [0.29, 0.717) is 29.8 Å². The van der Waals surface area contributed by atoms with Crippen molar-refractivity contribution < 1.29 is 14.3 Å². The summed E-state index contributed by atoms with van der Waals surface area (Å²) in [7, 11) is 0. The third-order valence-corrected chi connectivity index (χ3v) is 5.15. The molecule has 0 aromatic heterocycles. The Morgan fingerprint density at radius 3 is 2.65 bits per heavy atom. The van der Waals surface area contributed by atoms with Gasteiger partial charge in [-0.3, -0.25) is 9.69 Å². The van der Waals surface area contributed by atoms with Crippen molar-refractivity contribution in [2.24, 2.45) is 0 Å². The smallest absolute Gasteiger partial charge is 0.329 e. The summed E-state index contributed by atoms with van der Waals surface area (Å²) < 4.78 is 6.09. The molecular formula is C25H21N3O3. The first-order valence-corrected chi connectivity index (χ1v) is 10.1. The van der Waals surface area contributed by atoms with Crippen molar-refractivity contribution in [1.82, 2.24) is 10.2 Å². The summed E-state index contributed by atoms with van der Waals surface area (Å²) in [6.45, 7) is 2.49. The lowest BCUT2D eigenvalue weighted by atomic mass is 10.0. The highest BCUT2D eigenvalue weighted by Gasteiger charge is 2.33. The molecule has 6 nitrogen and oxygen atoms in total. The molecule has 3 aromatic carbocycles. The van der Waals surface area contributed by atoms with Gasteiger partial charge in [-0.2, -0.15) is 5.26 Å². The average Bonchev–Trinajstić information content (AvgIpc) is 3.06. The molecule has 1 fully saturated rings. The van der Waals surface area contributed by atoms with Crippen molar-refractivity contribution in [3.63, 3.8) is 0 Å². The predicted molar refractivity (Wildman–Crippen MR) is 118 cm³/mol. The molecule has 0 atom stereocenters. The van der Waals surface area contributed by atoms with Gasteiger partial charge in [0.1, 0.15) is 18.1 Å². The van der Waals surface area contributed by atoms with Crippen molar-refractivity contribution in [3.8, 4) is 11.8 Å². The highest BCUT2D eigenvalue weighted by Crippen LogP contribution is 2.31. The number of fused-ring (bicyclic) bond motifs is 1. The molecule has 6 heteroatoms. The number of nitriles is 1. The van der Waals surface area contributed by atoms with Gasteiger partial charge < -0.3 is 10.1 Å². The maximum Gasteiger partial charge on any atom is 0.329 e. The van der Waals surface area contributed by atoms with Crippen LogP contribution >= 0.6 is 0 Å². The van der Waals surface area contributed by atoms with Gasteiger partial charge in [-0.15, -0.1) is 0 Å². The van der Waals surface area contributed by atoms with Crippen molar-refractivity contribution >= 4 is 28.8 Å². The van der Waals surface area contributed by atoms with Gasteiger partial charge in [-0.25, -0.2) is 4.79 Å². The van der Waals surface area contributed by atoms with Crippen molar-refractivity contribution in [2.75, 3.05) is 6.54 Å². The fourth-order valence-electron chi connectivity index (χ4n) is 3.60. The molecule has 1 aliphatic rings. The summed E-state index contributed by atoms with van der Waals surface area (Å²) in [5.41, 5.74) is 2.25. The van der Waals surface area contributed by atoms with E-state index >= 15 is 0 Å². The second kappa shape index (κ2) is 8.72. The lowest BCUT2D eigenvalue weighted by Gasteiger charge is -2.13. The zero-order valence-electron chi connectivity index (χ0n) is 17.1. The number of imide groups is 1. The van der Waals surface area contributed by atoms with Crippen molar-refractivity contribution in [2.45, 2.75) is 20.0 Å². The standard InChI is InChI=1S/C25H21N3O3/c1-2-13-28-24(29)22(27-25(28)30)14-21-20-10-6-5-7-17(20)11-12-23(21)31-16-19-9-4-3-8-18(19)15-26/h3-12,14H,2,13,16H2,1H3,(H,27,30)/b22-14+. The van der Waals surface area contributed by atoms with Gasteiger partial charge >= 0.3 is 6.03 Å². The second-order valence-corrected chi connectivity index (χ2v) is 7.20. The second-order valence-electron chi connectivity index (χ2n) is 7.20. The van der Waals surface area contributed by atoms with Gasteiger partial charge in [0.15, 0.2) is 0 Å². The Balaban J connectivity index is 1.74. The molecule has 0 radical (unpaired) electrons. The van der Waals surface area contributed by atoms with Crippen LogP contribution in [0.2, 0.25) is 0 Å². The Kier molecular flexibility index (Phi) is 5.67. The first-order chi connectivity index (χ1) is 15.1. The minimum atomic E-state index is -0.413. The summed E-state index contributed by atoms with van der Waals surface area (Å²) in [6, 6.07) is 20.6. The van der Waals surface area contributed by atoms with E-state index in [-0.39, 0.29) is 18.2 Å². The van der Waals surface area contributed by atoms with Crippen molar-refractivity contribution in [1.29, 1.82) is 5.26 Å². The van der Waals surface area contributed by atoms with E-state index in [1.165, 1.54) is 4.90 Å². The normalized spacial score (nSPS) is 14.7. The first-order valence-electron chi connectivity index (χ1n) is 10.1. The van der Waals surface area contributed by atoms with Gasteiger partial charge in [0.2, 0.25) is 0 Å². The number of amides is 3. The highest BCUT2D eigenvalue weighted by molar-refractivity contribution is 6.14. The Bertz CT molecular complexity index is 1240. The molecular weight excluding hydrogens is 390 g/mol. The number of urea groups is 1. The van der Waals surface area contributed by atoms with Crippen LogP contribution in [0.25, 0.3) is 16.8 Å². The number of hydrogen-bond acceptors (Lipinski definition) is 4. The number of hydrogen-bond donors (Lipinski definition) is 1. The topological polar surface area (TPSA) is 82.4 Å². The molecule has 0 aliphatic carbocycles. The fraction of sp³-hybridized carbons (Fsp3) is 0.160. The lowest BCUT2D eigenvalue weighted by molar-refractivity contribution is -0.122. The molecule has 1 aliphatic heterocycles. The van der Waals surface area contributed by atoms with E-state index in [1.54, 1.807) is 12.1 Å². The van der Waals surface area contributed by atoms with Gasteiger partial charge in [-0.05, 0) is 35.4 Å². The van der Waals surface area contributed by atoms with E-state index in [9.17, 15) is 14.9 Å². The number of rotatable bonds is 6. The Labute approximate surface area is 180 Å². The van der Waals surface area contributed by atoms with Crippen LogP contribution in [-0.2, 0) is 11.4 Å². The maximum atomic E-state index is 12.7. The maximum absolute atomic E-state index is 12.7. The van der Waals surface area contributed by atoms with Crippen LogP contribution in [0.15, 0.2) is 66.4 Å². The molecule has 3 aromatic rings. The number of ether oxygens (including phenoxy) is 1. The quantitative estimate of drug-likeness (QED) is 0.475. The molecule has 3 amide bonds. The summed E-state index contributed by atoms with van der Waals surface area (Å²) in [6.07, 6.45) is 2.36. The van der Waals surface area contributed by atoms with E-state index in [2.05, 4.69) is 11.4 Å². The van der Waals surface area contributed by atoms with Crippen LogP contribution in [0.1, 0.15) is 30.0 Å². The minimum absolute atomic E-state index is 0.209. The molecule has 1 N–H and O–H groups in total. The predicted octanol–water partition coefficient (Wildman–Crippen LogP) is 4.59. The summed E-state index contributed by atoms with van der Waals surface area (Å²) in [5, 5.41) is 13.9. The van der Waals surface area contributed by atoms with Crippen LogP contribution in [0.3, 0.4) is 0 Å². The summed E-state index contributed by atoms with van der Waals surface area (Å²) >= 11 is 0. The average molecular weight is 411 g/mol. The molecule has 4 rings (SSSR count). The van der Waals surface area contributed by atoms with Gasteiger partial charge in [-0.1, -0.05) is 55.5 Å². The number of nitrogens with zero attached hydrogens (tertiary/aromatic N) is 2. The monoisotopic (exact) mass is 411 g/mol. The van der Waals surface area contributed by atoms with E-state index in [0.717, 1.165) is 16.3 Å². The fourth-order valence-corrected chi connectivity index (χ4v) is 3.60. The Morgan fingerprint density at radius 2 is 1.84 bits per heavy atom. The number of nitrogens with one attached hydrogen (secondary N) is 1. The minimum Gasteiger partial charge on any atom is -0.488 e. The van der Waals surface area contributed by atoms with Gasteiger partial charge in [0.25, 0.3) is 5.91 Å². The van der Waals surface area contributed by atoms with Crippen LogP contribution in [-0.4, -0.2) is 23.4 Å². The number of carbonyl (C=O) groups is 2. The van der Waals surface area contributed by atoms with Gasteiger partial charge in [0.05, 0.1) is 11.6 Å². The summed E-state index contributed by atoms with van der Waals surface area (Å²) in [4.78, 5) is 26.1. The molecule has 0 bridgehead atoms. The van der Waals surface area contributed by atoms with E-state index < -0.39 is 6.03 Å². The van der Waals surface area contributed by atoms with E-state index in [4.69, 9.17) is 4.74 Å². The zero-order valence-corrected chi connectivity index (χ0v) is 17.1. The van der Waals surface area contributed by atoms with Crippen LogP contribution < -0.4 is 10.1 Å². The van der Waals surface area contributed by atoms with Crippen LogP contribution in [0, 0.1) is 11.3 Å². The largest absolute Gasteiger partial charge is 0.488 e.